The van der Waals surface area contributed by atoms with Crippen molar-refractivity contribution in [2.24, 2.45) is 0 Å². The summed E-state index contributed by atoms with van der Waals surface area (Å²) in [5.41, 5.74) is 8.11. The first-order chi connectivity index (χ1) is 9.32. The van der Waals surface area contributed by atoms with E-state index in [4.69, 9.17) is 22.3 Å². The van der Waals surface area contributed by atoms with Crippen molar-refractivity contribution in [3.05, 3.63) is 33.5 Å². The van der Waals surface area contributed by atoms with Crippen LogP contribution < -0.4 is 5.73 Å². The molecule has 3 nitrogen and oxygen atoms in total. The molecule has 2 N–H and O–H groups in total. The van der Waals surface area contributed by atoms with Crippen LogP contribution in [0.1, 0.15) is 45.5 Å². The number of nitrogens with zero attached hydrogens (tertiary/aromatic N) is 2. The summed E-state index contributed by atoms with van der Waals surface area (Å²) < 4.78 is 2.95. The number of halogens is 2. The van der Waals surface area contributed by atoms with E-state index in [0.29, 0.717) is 16.8 Å². The molecule has 2 aromatic rings. The fourth-order valence-corrected chi connectivity index (χ4v) is 2.77. The van der Waals surface area contributed by atoms with Crippen molar-refractivity contribution in [1.82, 2.24) is 9.55 Å². The van der Waals surface area contributed by atoms with E-state index in [9.17, 15) is 0 Å². The van der Waals surface area contributed by atoms with Crippen LogP contribution in [0, 0.1) is 0 Å². The summed E-state index contributed by atoms with van der Waals surface area (Å²) in [5, 5.41) is 0.680. The maximum atomic E-state index is 6.32. The number of hydrogen-bond donors (Lipinski definition) is 1. The molecule has 0 aliphatic carbocycles. The Bertz CT molecular complexity index is 632. The van der Waals surface area contributed by atoms with Crippen LogP contribution in [0.2, 0.25) is 5.02 Å². The third-order valence-electron chi connectivity index (χ3n) is 3.20. The summed E-state index contributed by atoms with van der Waals surface area (Å²) in [5.74, 6) is 2.04. The predicted molar refractivity (Wildman–Crippen MR) is 89.3 cm³/mol. The average Bonchev–Trinajstić information content (AvgIpc) is 2.71. The second kappa shape index (κ2) is 5.78. The Morgan fingerprint density at radius 1 is 1.25 bits per heavy atom. The monoisotopic (exact) mass is 355 g/mol. The van der Waals surface area contributed by atoms with Crippen molar-refractivity contribution in [2.75, 3.05) is 5.73 Å². The maximum absolute atomic E-state index is 6.32. The zero-order chi connectivity index (χ0) is 15.0. The van der Waals surface area contributed by atoms with Crippen molar-refractivity contribution in [3.63, 3.8) is 0 Å². The van der Waals surface area contributed by atoms with Crippen LogP contribution in [0.4, 0.5) is 5.82 Å². The smallest absolute Gasteiger partial charge is 0.131 e. The minimum Gasteiger partial charge on any atom is -0.383 e. The van der Waals surface area contributed by atoms with Gasteiger partial charge in [-0.3, -0.25) is 0 Å². The van der Waals surface area contributed by atoms with E-state index in [0.717, 1.165) is 21.6 Å². The standard InChI is InChI=1S/C15H19BrClN3/c1-8(2)15-19-13(14(18)20(15)9(3)4)10-5-6-12(17)11(16)7-10/h5-9H,18H2,1-4H3. The Balaban J connectivity index is 2.63. The van der Waals surface area contributed by atoms with Crippen LogP contribution in [-0.2, 0) is 0 Å². The number of benzene rings is 1. The van der Waals surface area contributed by atoms with Gasteiger partial charge in [0.2, 0.25) is 0 Å². The zero-order valence-corrected chi connectivity index (χ0v) is 14.5. The van der Waals surface area contributed by atoms with E-state index in [1.165, 1.54) is 0 Å². The molecule has 0 atom stereocenters. The maximum Gasteiger partial charge on any atom is 0.131 e. The van der Waals surface area contributed by atoms with E-state index < -0.39 is 0 Å². The number of nitrogen functional groups attached to an aromatic ring is 1. The molecular weight excluding hydrogens is 338 g/mol. The van der Waals surface area contributed by atoms with E-state index >= 15 is 0 Å². The Kier molecular flexibility index (Phi) is 4.45. The summed E-state index contributed by atoms with van der Waals surface area (Å²) >= 11 is 9.49. The molecular formula is C15H19BrClN3. The van der Waals surface area contributed by atoms with Crippen LogP contribution in [-0.4, -0.2) is 9.55 Å². The van der Waals surface area contributed by atoms with Gasteiger partial charge in [-0.15, -0.1) is 0 Å². The Hall–Kier alpha value is -1.00. The van der Waals surface area contributed by atoms with E-state index in [1.54, 1.807) is 0 Å². The molecule has 108 valence electrons. The lowest BCUT2D eigenvalue weighted by molar-refractivity contribution is 0.556. The summed E-state index contributed by atoms with van der Waals surface area (Å²) in [6.07, 6.45) is 0. The lowest BCUT2D eigenvalue weighted by atomic mass is 10.1. The van der Waals surface area contributed by atoms with E-state index in [2.05, 4.69) is 48.2 Å². The Morgan fingerprint density at radius 3 is 2.35 bits per heavy atom. The second-order valence-electron chi connectivity index (χ2n) is 5.45. The third kappa shape index (κ3) is 2.72. The molecule has 5 heteroatoms. The molecule has 0 bridgehead atoms. The number of rotatable bonds is 3. The van der Waals surface area contributed by atoms with Gasteiger partial charge in [-0.05, 0) is 41.9 Å². The SMILES string of the molecule is CC(C)c1nc(-c2ccc(Cl)c(Br)c2)c(N)n1C(C)C. The van der Waals surface area contributed by atoms with Gasteiger partial charge in [0.15, 0.2) is 0 Å². The molecule has 2 rings (SSSR count). The summed E-state index contributed by atoms with van der Waals surface area (Å²) in [7, 11) is 0. The summed E-state index contributed by atoms with van der Waals surface area (Å²) in [4.78, 5) is 4.75. The Labute approximate surface area is 133 Å². The number of aromatic nitrogens is 2. The highest BCUT2D eigenvalue weighted by atomic mass is 79.9. The van der Waals surface area contributed by atoms with Crippen LogP contribution in [0.5, 0.6) is 0 Å². The summed E-state index contributed by atoms with van der Waals surface area (Å²) in [6.45, 7) is 8.49. The fourth-order valence-electron chi connectivity index (χ4n) is 2.27. The van der Waals surface area contributed by atoms with Crippen LogP contribution in [0.15, 0.2) is 22.7 Å². The van der Waals surface area contributed by atoms with Crippen molar-refractivity contribution in [1.29, 1.82) is 0 Å². The Morgan fingerprint density at radius 2 is 1.90 bits per heavy atom. The average molecular weight is 357 g/mol. The molecule has 0 aliphatic rings. The number of nitrogens with two attached hydrogens (primary N) is 1. The third-order valence-corrected chi connectivity index (χ3v) is 4.42. The van der Waals surface area contributed by atoms with E-state index in [1.807, 2.05) is 18.2 Å². The normalized spacial score (nSPS) is 11.6. The predicted octanol–water partition coefficient (Wildman–Crippen LogP) is 5.25. The van der Waals surface area contributed by atoms with Crippen molar-refractivity contribution < 1.29 is 0 Å². The molecule has 1 aromatic heterocycles. The highest BCUT2D eigenvalue weighted by Crippen LogP contribution is 2.34. The second-order valence-corrected chi connectivity index (χ2v) is 6.71. The van der Waals surface area contributed by atoms with Gasteiger partial charge in [0.05, 0.1) is 5.02 Å². The molecule has 20 heavy (non-hydrogen) atoms. The molecule has 0 saturated heterocycles. The molecule has 0 amide bonds. The minimum atomic E-state index is 0.282. The lowest BCUT2D eigenvalue weighted by Crippen LogP contribution is -2.10. The first-order valence-electron chi connectivity index (χ1n) is 6.66. The van der Waals surface area contributed by atoms with Gasteiger partial charge in [-0.1, -0.05) is 31.5 Å². The van der Waals surface area contributed by atoms with Crippen molar-refractivity contribution in [3.8, 4) is 11.3 Å². The number of imidazole rings is 1. The van der Waals surface area contributed by atoms with Crippen molar-refractivity contribution in [2.45, 2.75) is 39.7 Å². The lowest BCUT2D eigenvalue weighted by Gasteiger charge is -2.15. The topological polar surface area (TPSA) is 43.8 Å². The van der Waals surface area contributed by atoms with Gasteiger partial charge < -0.3 is 10.3 Å². The van der Waals surface area contributed by atoms with Gasteiger partial charge in [-0.25, -0.2) is 4.98 Å². The molecule has 0 unspecified atom stereocenters. The van der Waals surface area contributed by atoms with Gasteiger partial charge in [0.25, 0.3) is 0 Å². The zero-order valence-electron chi connectivity index (χ0n) is 12.1. The minimum absolute atomic E-state index is 0.282. The first-order valence-corrected chi connectivity index (χ1v) is 7.83. The molecule has 0 aliphatic heterocycles. The number of hydrogen-bond acceptors (Lipinski definition) is 2. The molecule has 0 radical (unpaired) electrons. The number of anilines is 1. The largest absolute Gasteiger partial charge is 0.383 e. The fraction of sp³-hybridized carbons (Fsp3) is 0.400. The highest BCUT2D eigenvalue weighted by Gasteiger charge is 2.20. The quantitative estimate of drug-likeness (QED) is 0.816. The van der Waals surface area contributed by atoms with Crippen LogP contribution >= 0.6 is 27.5 Å². The molecule has 1 heterocycles. The summed E-state index contributed by atoms with van der Waals surface area (Å²) in [6, 6.07) is 6.03. The molecule has 0 saturated carbocycles. The van der Waals surface area contributed by atoms with Gasteiger partial charge >= 0.3 is 0 Å². The van der Waals surface area contributed by atoms with Crippen LogP contribution in [0.3, 0.4) is 0 Å². The molecule has 0 fully saturated rings. The van der Waals surface area contributed by atoms with Gasteiger partial charge in [-0.2, -0.15) is 0 Å². The highest BCUT2D eigenvalue weighted by molar-refractivity contribution is 9.10. The van der Waals surface area contributed by atoms with E-state index in [-0.39, 0.29) is 6.04 Å². The molecule has 0 spiro atoms. The van der Waals surface area contributed by atoms with Gasteiger partial charge in [0, 0.05) is 22.0 Å². The van der Waals surface area contributed by atoms with Crippen LogP contribution in [0.25, 0.3) is 11.3 Å². The molecule has 1 aromatic carbocycles. The van der Waals surface area contributed by atoms with Crippen molar-refractivity contribution >= 4 is 33.3 Å². The first kappa shape index (κ1) is 15.4. The van der Waals surface area contributed by atoms with Gasteiger partial charge in [0.1, 0.15) is 17.3 Å².